The Morgan fingerprint density at radius 2 is 1.38 bits per heavy atom. The van der Waals surface area contributed by atoms with E-state index in [1.165, 1.54) is 47.8 Å². The van der Waals surface area contributed by atoms with Crippen LogP contribution < -0.4 is 5.46 Å². The zero-order valence-corrected chi connectivity index (χ0v) is 17.4. The summed E-state index contributed by atoms with van der Waals surface area (Å²) in [5, 5.41) is 0. The first-order valence-electron chi connectivity index (χ1n) is 10.0. The molecule has 0 bridgehead atoms. The summed E-state index contributed by atoms with van der Waals surface area (Å²) in [5.41, 5.74) is 5.93. The number of unbranched alkanes of at least 4 members (excludes halogenated alkanes) is 3. The molecule has 1 rings (SSSR count). The molecule has 0 saturated heterocycles. The van der Waals surface area contributed by atoms with Crippen LogP contribution in [-0.2, 0) is 4.65 Å². The summed E-state index contributed by atoms with van der Waals surface area (Å²) in [6.07, 6.45) is 6.32. The molecule has 0 heterocycles. The summed E-state index contributed by atoms with van der Waals surface area (Å²) >= 11 is 0. The molecule has 0 amide bonds. The van der Waals surface area contributed by atoms with Gasteiger partial charge in [-0.2, -0.15) is 0 Å². The average Bonchev–Trinajstić information content (AvgIpc) is 2.53. The van der Waals surface area contributed by atoms with Gasteiger partial charge in [-0.05, 0) is 46.2 Å². The van der Waals surface area contributed by atoms with E-state index in [-0.39, 0.29) is 6.92 Å². The Balaban J connectivity index is 3.29. The second-order valence-corrected chi connectivity index (χ2v) is 8.15. The highest BCUT2D eigenvalue weighted by molar-refractivity contribution is 6.68. The summed E-state index contributed by atoms with van der Waals surface area (Å²) in [4.78, 5) is 0. The van der Waals surface area contributed by atoms with Crippen LogP contribution in [0, 0.1) is 0 Å². The fraction of sp³-hybridized carbons (Fsp3) is 0.727. The van der Waals surface area contributed by atoms with Crippen molar-refractivity contribution in [1.82, 2.24) is 0 Å². The lowest BCUT2D eigenvalue weighted by molar-refractivity contribution is 0.425. The maximum absolute atomic E-state index is 6.00. The van der Waals surface area contributed by atoms with Crippen LogP contribution in [0.25, 0.3) is 0 Å². The lowest BCUT2D eigenvalue weighted by atomic mass is 9.52. The number of benzene rings is 1. The maximum Gasteiger partial charge on any atom is 0.326 e. The van der Waals surface area contributed by atoms with Gasteiger partial charge in [-0.25, -0.2) is 0 Å². The summed E-state index contributed by atoms with van der Waals surface area (Å²) in [6, 6.07) is 4.88. The van der Waals surface area contributed by atoms with Crippen LogP contribution in [0.5, 0.6) is 0 Å². The smallest absolute Gasteiger partial charge is 0.326 e. The molecule has 0 saturated carbocycles. The molecule has 1 aromatic rings. The fourth-order valence-electron chi connectivity index (χ4n) is 3.52. The van der Waals surface area contributed by atoms with Gasteiger partial charge in [0.05, 0.1) is 0 Å². The van der Waals surface area contributed by atoms with E-state index in [2.05, 4.69) is 60.6 Å². The van der Waals surface area contributed by atoms with Crippen molar-refractivity contribution < 1.29 is 4.65 Å². The molecule has 136 valence electrons. The first-order valence-corrected chi connectivity index (χ1v) is 10.0. The van der Waals surface area contributed by atoms with Crippen molar-refractivity contribution in [1.29, 1.82) is 0 Å². The number of hydrogen-bond acceptors (Lipinski definition) is 1. The van der Waals surface area contributed by atoms with Gasteiger partial charge >= 0.3 is 6.92 Å². The first kappa shape index (κ1) is 21.3. The first-order chi connectivity index (χ1) is 11.3. The molecule has 1 nitrogen and oxygen atoms in total. The molecule has 0 radical (unpaired) electrons. The lowest BCUT2D eigenvalue weighted by Crippen LogP contribution is -2.39. The van der Waals surface area contributed by atoms with Gasteiger partial charge in [-0.1, -0.05) is 86.3 Å². The Bertz CT molecular complexity index is 462. The van der Waals surface area contributed by atoms with Crippen LogP contribution in [0.3, 0.4) is 0 Å². The van der Waals surface area contributed by atoms with Crippen molar-refractivity contribution in [3.8, 4) is 0 Å². The zero-order valence-electron chi connectivity index (χ0n) is 17.4. The van der Waals surface area contributed by atoms with Gasteiger partial charge in [0.2, 0.25) is 0 Å². The molecule has 0 aliphatic rings. The van der Waals surface area contributed by atoms with Crippen LogP contribution in [0.2, 0.25) is 6.32 Å². The third kappa shape index (κ3) is 5.65. The van der Waals surface area contributed by atoms with Crippen molar-refractivity contribution in [2.75, 3.05) is 7.11 Å². The van der Waals surface area contributed by atoms with Gasteiger partial charge in [0.15, 0.2) is 0 Å². The molecule has 0 atom stereocenters. The lowest BCUT2D eigenvalue weighted by Gasteiger charge is -2.26. The Kier molecular flexibility index (Phi) is 9.12. The Hall–Kier alpha value is -0.755. The van der Waals surface area contributed by atoms with Crippen LogP contribution in [-0.4, -0.2) is 14.0 Å². The van der Waals surface area contributed by atoms with E-state index in [0.29, 0.717) is 17.8 Å². The molecule has 0 spiro atoms. The van der Waals surface area contributed by atoms with Crippen LogP contribution in [0.1, 0.15) is 109 Å². The molecule has 0 aliphatic carbocycles. The van der Waals surface area contributed by atoms with Gasteiger partial charge < -0.3 is 4.65 Å². The minimum atomic E-state index is 0.234. The van der Waals surface area contributed by atoms with Gasteiger partial charge in [0.25, 0.3) is 0 Å². The SMILES string of the molecule is CCCCCCB(OC)c1c(C(C)C)cc(C(C)C)cc1C(C)C. The monoisotopic (exact) mass is 330 g/mol. The molecule has 1 aromatic carbocycles. The van der Waals surface area contributed by atoms with Crippen LogP contribution in [0.4, 0.5) is 0 Å². The molecular weight excluding hydrogens is 291 g/mol. The van der Waals surface area contributed by atoms with E-state index in [1.54, 1.807) is 0 Å². The van der Waals surface area contributed by atoms with E-state index in [4.69, 9.17) is 4.65 Å². The zero-order chi connectivity index (χ0) is 18.3. The second kappa shape index (κ2) is 10.3. The second-order valence-electron chi connectivity index (χ2n) is 8.15. The number of hydrogen-bond donors (Lipinski definition) is 0. The maximum atomic E-state index is 6.00. The molecule has 0 unspecified atom stereocenters. The van der Waals surface area contributed by atoms with E-state index in [0.717, 1.165) is 6.32 Å². The quantitative estimate of drug-likeness (QED) is 0.352. The average molecular weight is 330 g/mol. The highest BCUT2D eigenvalue weighted by Crippen LogP contribution is 2.27. The summed E-state index contributed by atoms with van der Waals surface area (Å²) in [7, 11) is 1.88. The standard InChI is InChI=1S/C22H39BO/c1-9-10-11-12-13-23(24-8)22-20(17(4)5)14-19(16(2)3)15-21(22)18(6)7/h14-18H,9-13H2,1-8H3. The van der Waals surface area contributed by atoms with Crippen molar-refractivity contribution in [3.05, 3.63) is 28.8 Å². The van der Waals surface area contributed by atoms with E-state index < -0.39 is 0 Å². The van der Waals surface area contributed by atoms with Crippen LogP contribution >= 0.6 is 0 Å². The molecule has 24 heavy (non-hydrogen) atoms. The molecule has 0 N–H and O–H groups in total. The third-order valence-electron chi connectivity index (χ3n) is 5.10. The number of rotatable bonds is 10. The van der Waals surface area contributed by atoms with Crippen molar-refractivity contribution in [2.45, 2.75) is 98.2 Å². The summed E-state index contributed by atoms with van der Waals surface area (Å²) in [6.45, 7) is 16.4. The Labute approximate surface area is 151 Å². The third-order valence-corrected chi connectivity index (χ3v) is 5.10. The molecule has 0 aromatic heterocycles. The van der Waals surface area contributed by atoms with Crippen molar-refractivity contribution in [2.24, 2.45) is 0 Å². The van der Waals surface area contributed by atoms with Gasteiger partial charge in [-0.3, -0.25) is 0 Å². The van der Waals surface area contributed by atoms with Crippen molar-refractivity contribution >= 4 is 12.4 Å². The highest BCUT2D eigenvalue weighted by Gasteiger charge is 2.26. The van der Waals surface area contributed by atoms with Gasteiger partial charge in [-0.15, -0.1) is 0 Å². The van der Waals surface area contributed by atoms with Gasteiger partial charge in [0, 0.05) is 7.11 Å². The topological polar surface area (TPSA) is 9.23 Å². The minimum Gasteiger partial charge on any atom is -0.433 e. The largest absolute Gasteiger partial charge is 0.433 e. The predicted octanol–water partition coefficient (Wildman–Crippen LogP) is 6.48. The molecule has 2 heteroatoms. The Morgan fingerprint density at radius 3 is 1.75 bits per heavy atom. The van der Waals surface area contributed by atoms with Crippen molar-refractivity contribution in [3.63, 3.8) is 0 Å². The van der Waals surface area contributed by atoms with Gasteiger partial charge in [0.1, 0.15) is 0 Å². The fourth-order valence-corrected chi connectivity index (χ4v) is 3.52. The van der Waals surface area contributed by atoms with Crippen LogP contribution in [0.15, 0.2) is 12.1 Å². The minimum absolute atomic E-state index is 0.234. The predicted molar refractivity (Wildman–Crippen MR) is 110 cm³/mol. The summed E-state index contributed by atoms with van der Waals surface area (Å²) < 4.78 is 6.00. The normalized spacial score (nSPS) is 11.8. The van der Waals surface area contributed by atoms with E-state index in [1.807, 2.05) is 7.11 Å². The van der Waals surface area contributed by atoms with E-state index >= 15 is 0 Å². The Morgan fingerprint density at radius 1 is 0.833 bits per heavy atom. The molecule has 0 fully saturated rings. The summed E-state index contributed by atoms with van der Waals surface area (Å²) in [5.74, 6) is 1.63. The molecular formula is C22H39BO. The van der Waals surface area contributed by atoms with E-state index in [9.17, 15) is 0 Å². The highest BCUT2D eigenvalue weighted by atomic mass is 16.4. The molecule has 0 aliphatic heterocycles.